The smallest absolute Gasteiger partial charge is 0.222 e. The summed E-state index contributed by atoms with van der Waals surface area (Å²) in [6, 6.07) is 5.88. The fourth-order valence-electron chi connectivity index (χ4n) is 1.94. The van der Waals surface area contributed by atoms with Gasteiger partial charge in [-0.15, -0.1) is 11.6 Å². The van der Waals surface area contributed by atoms with Gasteiger partial charge in [0, 0.05) is 16.9 Å². The van der Waals surface area contributed by atoms with Gasteiger partial charge in [-0.25, -0.2) is 0 Å². The van der Waals surface area contributed by atoms with E-state index in [0.717, 1.165) is 6.42 Å². The Kier molecular flexibility index (Phi) is 8.66. The Bertz CT molecular complexity index is 292. The fraction of sp³-hybridized carbons (Fsp3) is 0.667. The van der Waals surface area contributed by atoms with E-state index in [2.05, 4.69) is 6.92 Å². The Morgan fingerprint density at radius 3 is 2.33 bits per heavy atom. The van der Waals surface area contributed by atoms with Crippen LogP contribution in [0.1, 0.15) is 51.9 Å². The van der Waals surface area contributed by atoms with Gasteiger partial charge in [-0.1, -0.05) is 45.1 Å². The van der Waals surface area contributed by atoms with Gasteiger partial charge >= 0.3 is 0 Å². The number of rotatable bonds is 10. The first-order valence-electron chi connectivity index (χ1n) is 7.06. The van der Waals surface area contributed by atoms with Crippen LogP contribution in [0.15, 0.2) is 30.6 Å². The van der Waals surface area contributed by atoms with E-state index in [1.807, 2.05) is 30.6 Å². The van der Waals surface area contributed by atoms with Crippen molar-refractivity contribution in [1.82, 2.24) is 0 Å². The van der Waals surface area contributed by atoms with Crippen molar-refractivity contribution >= 4 is 11.6 Å². The van der Waals surface area contributed by atoms with Gasteiger partial charge < -0.3 is 0 Å². The van der Waals surface area contributed by atoms with Crippen LogP contribution in [0, 0.1) is 0 Å². The lowest BCUT2D eigenvalue weighted by molar-refractivity contribution is -0.898. The molecule has 1 atom stereocenters. The molecule has 0 fully saturated rings. The molecule has 0 aliphatic rings. The van der Waals surface area contributed by atoms with Crippen LogP contribution in [-0.4, -0.2) is 12.0 Å². The zero-order valence-electron chi connectivity index (χ0n) is 11.4. The van der Waals surface area contributed by atoms with E-state index in [4.69, 9.17) is 16.4 Å². The van der Waals surface area contributed by atoms with Crippen molar-refractivity contribution in [2.75, 3.05) is 5.88 Å². The molecular formula is C15H25ClNO+. The SMILES string of the molecule is CCCCCCCC[C@H](CCl)O[n+]1ccccc1. The molecule has 0 unspecified atom stereocenters. The second-order valence-corrected chi connectivity index (χ2v) is 4.98. The van der Waals surface area contributed by atoms with E-state index in [0.29, 0.717) is 5.88 Å². The first kappa shape index (κ1) is 15.3. The summed E-state index contributed by atoms with van der Waals surface area (Å²) in [5.41, 5.74) is 0. The Balaban J connectivity index is 2.14. The quantitative estimate of drug-likeness (QED) is 0.358. The highest BCUT2D eigenvalue weighted by atomic mass is 35.5. The van der Waals surface area contributed by atoms with Crippen LogP contribution in [0.5, 0.6) is 0 Å². The number of nitrogens with zero attached hydrogens (tertiary/aromatic N) is 1. The number of hydrogen-bond donors (Lipinski definition) is 0. The molecule has 102 valence electrons. The summed E-state index contributed by atoms with van der Waals surface area (Å²) >= 11 is 5.94. The third kappa shape index (κ3) is 6.85. The molecule has 0 aliphatic heterocycles. The van der Waals surface area contributed by atoms with Crippen molar-refractivity contribution in [1.29, 1.82) is 0 Å². The third-order valence-corrected chi connectivity index (χ3v) is 3.35. The summed E-state index contributed by atoms with van der Waals surface area (Å²) in [5.74, 6) is 0.552. The van der Waals surface area contributed by atoms with Crippen LogP contribution in [-0.2, 0) is 0 Å². The lowest BCUT2D eigenvalue weighted by atomic mass is 10.1. The normalized spacial score (nSPS) is 12.3. The maximum atomic E-state index is 5.94. The summed E-state index contributed by atoms with van der Waals surface area (Å²) in [6.07, 6.45) is 12.8. The molecule has 3 heteroatoms. The summed E-state index contributed by atoms with van der Waals surface area (Å²) in [7, 11) is 0. The summed E-state index contributed by atoms with van der Waals surface area (Å²) < 4.78 is 1.74. The molecular weight excluding hydrogens is 246 g/mol. The largest absolute Gasteiger partial charge is 0.267 e. The van der Waals surface area contributed by atoms with Crippen molar-refractivity contribution in [2.24, 2.45) is 0 Å². The highest BCUT2D eigenvalue weighted by Crippen LogP contribution is 2.09. The van der Waals surface area contributed by atoms with Gasteiger partial charge in [0.15, 0.2) is 6.10 Å². The minimum Gasteiger partial charge on any atom is -0.267 e. The van der Waals surface area contributed by atoms with Gasteiger partial charge in [0.25, 0.3) is 0 Å². The molecule has 0 bridgehead atoms. The zero-order chi connectivity index (χ0) is 13.1. The maximum Gasteiger partial charge on any atom is 0.222 e. The van der Waals surface area contributed by atoms with Crippen molar-refractivity contribution in [3.8, 4) is 0 Å². The number of unbranched alkanes of at least 4 members (excludes halogenated alkanes) is 5. The van der Waals surface area contributed by atoms with E-state index in [9.17, 15) is 0 Å². The van der Waals surface area contributed by atoms with Crippen LogP contribution in [0.25, 0.3) is 0 Å². The molecule has 0 amide bonds. The lowest BCUT2D eigenvalue weighted by Gasteiger charge is -2.10. The highest BCUT2D eigenvalue weighted by molar-refractivity contribution is 6.18. The Hall–Kier alpha value is -0.760. The van der Waals surface area contributed by atoms with Crippen LogP contribution >= 0.6 is 11.6 Å². The summed E-state index contributed by atoms with van der Waals surface area (Å²) in [4.78, 5) is 5.78. The molecule has 1 aromatic rings. The van der Waals surface area contributed by atoms with Gasteiger partial charge in [-0.05, 0) is 12.8 Å². The van der Waals surface area contributed by atoms with E-state index in [1.54, 1.807) is 4.73 Å². The number of aromatic nitrogens is 1. The van der Waals surface area contributed by atoms with Gasteiger partial charge in [0.05, 0.1) is 5.88 Å². The molecule has 2 nitrogen and oxygen atoms in total. The first-order chi connectivity index (χ1) is 8.86. The summed E-state index contributed by atoms with van der Waals surface area (Å²) in [6.45, 7) is 2.24. The molecule has 0 radical (unpaired) electrons. The van der Waals surface area contributed by atoms with Crippen LogP contribution in [0.2, 0.25) is 0 Å². The minimum atomic E-state index is 0.116. The molecule has 1 heterocycles. The lowest BCUT2D eigenvalue weighted by Crippen LogP contribution is -2.47. The Morgan fingerprint density at radius 1 is 1.00 bits per heavy atom. The van der Waals surface area contributed by atoms with Gasteiger partial charge in [0.1, 0.15) is 0 Å². The molecule has 0 saturated heterocycles. The molecule has 0 aliphatic carbocycles. The number of halogens is 1. The van der Waals surface area contributed by atoms with Crippen LogP contribution in [0.3, 0.4) is 0 Å². The number of alkyl halides is 1. The van der Waals surface area contributed by atoms with Gasteiger partial charge in [0.2, 0.25) is 12.4 Å². The van der Waals surface area contributed by atoms with E-state index in [-0.39, 0.29) is 6.10 Å². The predicted octanol–water partition coefficient (Wildman–Crippen LogP) is 3.76. The molecule has 18 heavy (non-hydrogen) atoms. The predicted molar refractivity (Wildman–Crippen MR) is 75.7 cm³/mol. The fourth-order valence-corrected chi connectivity index (χ4v) is 2.15. The molecule has 1 aromatic heterocycles. The second kappa shape index (κ2) is 10.2. The van der Waals surface area contributed by atoms with Gasteiger partial charge in [-0.2, -0.15) is 0 Å². The first-order valence-corrected chi connectivity index (χ1v) is 7.59. The standard InChI is InChI=1S/C15H25ClNO/c1-2-3-4-5-6-8-11-15(14-16)18-17-12-9-7-10-13-17/h7,9-10,12-13,15H,2-6,8,11,14H2,1H3/q+1/t15-/m1/s1. The van der Waals surface area contributed by atoms with Crippen LogP contribution in [0.4, 0.5) is 0 Å². The van der Waals surface area contributed by atoms with E-state index in [1.165, 1.54) is 38.5 Å². The second-order valence-electron chi connectivity index (χ2n) is 4.67. The number of pyridine rings is 1. The number of hydrogen-bond acceptors (Lipinski definition) is 1. The Morgan fingerprint density at radius 2 is 1.67 bits per heavy atom. The molecule has 0 saturated carbocycles. The minimum absolute atomic E-state index is 0.116. The average molecular weight is 271 g/mol. The molecule has 0 aromatic carbocycles. The van der Waals surface area contributed by atoms with Crippen molar-refractivity contribution in [3.05, 3.63) is 30.6 Å². The third-order valence-electron chi connectivity index (χ3n) is 3.01. The highest BCUT2D eigenvalue weighted by Gasteiger charge is 2.13. The molecule has 1 rings (SSSR count). The summed E-state index contributed by atoms with van der Waals surface area (Å²) in [5, 5.41) is 0. The molecule has 0 N–H and O–H groups in total. The van der Waals surface area contributed by atoms with Crippen molar-refractivity contribution in [2.45, 2.75) is 58.0 Å². The van der Waals surface area contributed by atoms with Crippen LogP contribution < -0.4 is 9.57 Å². The van der Waals surface area contributed by atoms with Crippen molar-refractivity contribution in [3.63, 3.8) is 0 Å². The topological polar surface area (TPSA) is 13.1 Å². The molecule has 0 spiro atoms. The van der Waals surface area contributed by atoms with Gasteiger partial charge in [-0.3, -0.25) is 4.84 Å². The zero-order valence-corrected chi connectivity index (χ0v) is 12.1. The Labute approximate surface area is 116 Å². The van der Waals surface area contributed by atoms with Crippen molar-refractivity contribution < 1.29 is 9.57 Å². The monoisotopic (exact) mass is 270 g/mol. The van der Waals surface area contributed by atoms with E-state index < -0.39 is 0 Å². The maximum absolute atomic E-state index is 5.94. The average Bonchev–Trinajstić information content (AvgIpc) is 2.42. The van der Waals surface area contributed by atoms with E-state index >= 15 is 0 Å².